The zero-order valence-corrected chi connectivity index (χ0v) is 25.7. The van der Waals surface area contributed by atoms with Gasteiger partial charge < -0.3 is 20.1 Å². The van der Waals surface area contributed by atoms with Crippen LogP contribution in [-0.4, -0.2) is 83.6 Å². The van der Waals surface area contributed by atoms with Crippen molar-refractivity contribution in [1.82, 2.24) is 23.7 Å². The van der Waals surface area contributed by atoms with Gasteiger partial charge in [-0.25, -0.2) is 27.0 Å². The van der Waals surface area contributed by atoms with Crippen LogP contribution in [0.15, 0.2) is 54.3 Å². The Hall–Kier alpha value is -3.09. The van der Waals surface area contributed by atoms with Crippen LogP contribution >= 0.6 is 0 Å². The topological polar surface area (TPSA) is 105 Å². The Balaban J connectivity index is 1.79. The molecule has 1 fully saturated rings. The minimum atomic E-state index is -3.36. The first-order valence-electron chi connectivity index (χ1n) is 14.4. The zero-order valence-electron chi connectivity index (χ0n) is 24.9. The highest BCUT2D eigenvalue weighted by molar-refractivity contribution is 7.88. The largest absolute Gasteiger partial charge is 0.330 e. The van der Waals surface area contributed by atoms with Gasteiger partial charge in [0, 0.05) is 63.9 Å². The first-order chi connectivity index (χ1) is 19.8. The van der Waals surface area contributed by atoms with Crippen LogP contribution in [0.1, 0.15) is 63.2 Å². The Labute approximate surface area is 247 Å². The smallest absolute Gasteiger partial charge is 0.320 e. The van der Waals surface area contributed by atoms with Gasteiger partial charge in [-0.3, -0.25) is 0 Å². The van der Waals surface area contributed by atoms with E-state index in [2.05, 4.69) is 0 Å². The molecule has 1 aliphatic heterocycles. The SMILES string of the molecule is CC(C)(C)[C@H](c1nc(C2=C(F)CCC(F)=C2)cn1Cc1ccccc1)N(CCCN)C(=O)N1CCN(S(C)(=O)=O)CC1. The fraction of sp³-hybridized carbons (Fsp3) is 0.533. The lowest BCUT2D eigenvalue weighted by molar-refractivity contribution is 0.0754. The van der Waals surface area contributed by atoms with Crippen molar-refractivity contribution in [1.29, 1.82) is 0 Å². The number of nitrogens with two attached hydrogens (primary N) is 1. The summed E-state index contributed by atoms with van der Waals surface area (Å²) in [7, 11) is -3.36. The zero-order chi connectivity index (χ0) is 30.7. The van der Waals surface area contributed by atoms with Gasteiger partial charge in [0.05, 0.1) is 18.0 Å². The average molecular weight is 605 g/mol. The normalized spacial score (nSPS) is 17.8. The number of carbonyl (C=O) groups is 1. The van der Waals surface area contributed by atoms with Crippen molar-refractivity contribution in [2.75, 3.05) is 45.5 Å². The van der Waals surface area contributed by atoms with E-state index in [1.165, 1.54) is 16.6 Å². The summed E-state index contributed by atoms with van der Waals surface area (Å²) < 4.78 is 56.7. The highest BCUT2D eigenvalue weighted by Crippen LogP contribution is 2.40. The Morgan fingerprint density at radius 3 is 2.36 bits per heavy atom. The molecule has 4 rings (SSSR count). The number of rotatable bonds is 9. The Morgan fingerprint density at radius 1 is 1.10 bits per heavy atom. The summed E-state index contributed by atoms with van der Waals surface area (Å²) in [6.07, 6.45) is 4.66. The summed E-state index contributed by atoms with van der Waals surface area (Å²) in [5.41, 5.74) is 6.81. The fourth-order valence-electron chi connectivity index (χ4n) is 5.55. The first kappa shape index (κ1) is 31.8. The molecule has 1 saturated heterocycles. The third-order valence-corrected chi connectivity index (χ3v) is 8.96. The number of aromatic nitrogens is 2. The van der Waals surface area contributed by atoms with Crippen LogP contribution < -0.4 is 5.73 Å². The number of benzene rings is 1. The summed E-state index contributed by atoms with van der Waals surface area (Å²) in [6.45, 7) is 8.14. The summed E-state index contributed by atoms with van der Waals surface area (Å²) in [4.78, 5) is 22.5. The third-order valence-electron chi connectivity index (χ3n) is 7.66. The molecule has 1 aromatic carbocycles. The van der Waals surface area contributed by atoms with E-state index in [4.69, 9.17) is 10.7 Å². The van der Waals surface area contributed by atoms with Crippen molar-refractivity contribution in [2.45, 2.75) is 52.6 Å². The second-order valence-corrected chi connectivity index (χ2v) is 14.0. The molecule has 0 unspecified atom stereocenters. The number of hydrogen-bond acceptors (Lipinski definition) is 5. The number of hydrogen-bond donors (Lipinski definition) is 1. The van der Waals surface area contributed by atoms with Gasteiger partial charge >= 0.3 is 6.03 Å². The van der Waals surface area contributed by atoms with Crippen LogP contribution in [0.3, 0.4) is 0 Å². The van der Waals surface area contributed by atoms with Crippen LogP contribution in [0.5, 0.6) is 0 Å². The maximum atomic E-state index is 15.0. The van der Waals surface area contributed by atoms with Gasteiger partial charge in [-0.05, 0) is 30.0 Å². The lowest BCUT2D eigenvalue weighted by atomic mass is 9.84. The van der Waals surface area contributed by atoms with Gasteiger partial charge in [0.25, 0.3) is 0 Å². The van der Waals surface area contributed by atoms with Gasteiger partial charge in [-0.2, -0.15) is 4.31 Å². The molecule has 9 nitrogen and oxygen atoms in total. The Bertz CT molecular complexity index is 1420. The van der Waals surface area contributed by atoms with E-state index in [0.29, 0.717) is 37.6 Å². The number of allylic oxidation sites excluding steroid dienone is 4. The molecule has 1 aliphatic carbocycles. The second-order valence-electron chi connectivity index (χ2n) is 12.0. The molecule has 2 heterocycles. The molecule has 0 spiro atoms. The minimum Gasteiger partial charge on any atom is -0.330 e. The number of nitrogens with zero attached hydrogens (tertiary/aromatic N) is 5. The molecule has 42 heavy (non-hydrogen) atoms. The fourth-order valence-corrected chi connectivity index (χ4v) is 6.38. The molecule has 0 bridgehead atoms. The summed E-state index contributed by atoms with van der Waals surface area (Å²) in [5, 5.41) is 0. The molecule has 2 N–H and O–H groups in total. The molecule has 0 saturated carbocycles. The van der Waals surface area contributed by atoms with Gasteiger partial charge in [-0.15, -0.1) is 0 Å². The van der Waals surface area contributed by atoms with Crippen LogP contribution in [-0.2, 0) is 16.6 Å². The summed E-state index contributed by atoms with van der Waals surface area (Å²) in [5.74, 6) is -0.258. The minimum absolute atomic E-state index is 0.0193. The van der Waals surface area contributed by atoms with E-state index in [0.717, 1.165) is 5.56 Å². The molecule has 2 aromatic rings. The van der Waals surface area contributed by atoms with Crippen molar-refractivity contribution in [2.24, 2.45) is 11.1 Å². The molecule has 12 heteroatoms. The van der Waals surface area contributed by atoms with Crippen molar-refractivity contribution >= 4 is 21.6 Å². The van der Waals surface area contributed by atoms with E-state index in [-0.39, 0.29) is 50.6 Å². The van der Waals surface area contributed by atoms with Crippen molar-refractivity contribution in [3.63, 3.8) is 0 Å². The summed E-state index contributed by atoms with van der Waals surface area (Å²) >= 11 is 0. The van der Waals surface area contributed by atoms with Crippen LogP contribution in [0.25, 0.3) is 5.57 Å². The van der Waals surface area contributed by atoms with E-state index in [1.54, 1.807) is 16.0 Å². The highest BCUT2D eigenvalue weighted by atomic mass is 32.2. The predicted molar refractivity (Wildman–Crippen MR) is 160 cm³/mol. The van der Waals surface area contributed by atoms with Crippen LogP contribution in [0.2, 0.25) is 0 Å². The second kappa shape index (κ2) is 13.0. The number of amides is 2. The van der Waals surface area contributed by atoms with E-state index in [1.807, 2.05) is 55.7 Å². The lowest BCUT2D eigenvalue weighted by Gasteiger charge is -2.43. The maximum absolute atomic E-state index is 15.0. The van der Waals surface area contributed by atoms with Crippen LogP contribution in [0.4, 0.5) is 13.6 Å². The van der Waals surface area contributed by atoms with Gasteiger partial charge in [0.2, 0.25) is 10.0 Å². The van der Waals surface area contributed by atoms with Crippen molar-refractivity contribution in [3.05, 3.63) is 71.3 Å². The molecule has 1 aromatic heterocycles. The number of imidazole rings is 1. The number of sulfonamides is 1. The third kappa shape index (κ3) is 7.45. The number of urea groups is 1. The molecule has 2 amide bonds. The van der Waals surface area contributed by atoms with Gasteiger partial charge in [0.15, 0.2) is 0 Å². The Morgan fingerprint density at radius 2 is 1.76 bits per heavy atom. The Kier molecular flexibility index (Phi) is 9.89. The maximum Gasteiger partial charge on any atom is 0.320 e. The predicted octanol–water partition coefficient (Wildman–Crippen LogP) is 4.69. The highest BCUT2D eigenvalue weighted by Gasteiger charge is 2.40. The van der Waals surface area contributed by atoms with Crippen molar-refractivity contribution < 1.29 is 22.0 Å². The van der Waals surface area contributed by atoms with E-state index in [9.17, 15) is 17.6 Å². The molecule has 230 valence electrons. The van der Waals surface area contributed by atoms with Gasteiger partial charge in [0.1, 0.15) is 17.5 Å². The quantitative estimate of drug-likeness (QED) is 0.447. The number of piperazine rings is 1. The molecule has 2 aliphatic rings. The number of halogens is 2. The van der Waals surface area contributed by atoms with Crippen LogP contribution in [0, 0.1) is 5.41 Å². The molecular weight excluding hydrogens is 562 g/mol. The van der Waals surface area contributed by atoms with E-state index < -0.39 is 33.1 Å². The number of carbonyl (C=O) groups excluding carboxylic acids is 1. The monoisotopic (exact) mass is 604 g/mol. The first-order valence-corrected chi connectivity index (χ1v) is 16.2. The van der Waals surface area contributed by atoms with Gasteiger partial charge in [-0.1, -0.05) is 51.1 Å². The average Bonchev–Trinajstić information content (AvgIpc) is 3.33. The molecule has 0 radical (unpaired) electrons. The standard InChI is InChI=1S/C30H42F2N6O3S/c1-30(2,3)27(38(14-8-13-33)29(39)35-15-17-37(18-16-35)42(4,40)41)28-34-26(24-19-23(31)11-12-25(24)32)21-36(28)20-22-9-6-5-7-10-22/h5-7,9-10,19,21,27H,8,11-18,20,33H2,1-4H3/t27-/m0/s1. The lowest BCUT2D eigenvalue weighted by Crippen LogP contribution is -2.56. The van der Waals surface area contributed by atoms with Crippen molar-refractivity contribution in [3.8, 4) is 0 Å². The summed E-state index contributed by atoms with van der Waals surface area (Å²) in [6, 6.07) is 8.96. The molecule has 1 atom stereocenters. The molecular formula is C30H42F2N6O3S. The van der Waals surface area contributed by atoms with E-state index >= 15 is 4.39 Å².